The largest absolute Gasteiger partial charge is 0.497 e. The van der Waals surface area contributed by atoms with Crippen LogP contribution in [-0.4, -0.2) is 61.6 Å². The van der Waals surface area contributed by atoms with E-state index in [1.54, 1.807) is 31.4 Å². The third-order valence-corrected chi connectivity index (χ3v) is 6.80. The van der Waals surface area contributed by atoms with Gasteiger partial charge in [0.2, 0.25) is 5.91 Å². The number of hydrogen-bond donors (Lipinski definition) is 2. The molecule has 3 aliphatic heterocycles. The van der Waals surface area contributed by atoms with Gasteiger partial charge in [-0.3, -0.25) is 9.59 Å². The zero-order valence-corrected chi connectivity index (χ0v) is 18.1. The standard InChI is InChI=1S/C23H32N4O4/c1-31-18-9-7-17(8-10-18)27-22(29)19(25-23(27)30)11-12-21(28)24-15-16-5-4-14-26-13-3-2-6-20(16)26/h7-10,16,19-20H,2-6,11-15H2,1H3,(H,24,28)(H,25,30)/t16-,19-,20+/m1/s1. The number of benzene rings is 1. The molecule has 3 aliphatic rings. The van der Waals surface area contributed by atoms with Crippen LogP contribution in [0.1, 0.15) is 44.9 Å². The van der Waals surface area contributed by atoms with Gasteiger partial charge in [-0.25, -0.2) is 9.69 Å². The topological polar surface area (TPSA) is 91.0 Å². The lowest BCUT2D eigenvalue weighted by Crippen LogP contribution is -2.51. The summed E-state index contributed by atoms with van der Waals surface area (Å²) in [5.74, 6) is 0.778. The van der Waals surface area contributed by atoms with Crippen LogP contribution in [0.15, 0.2) is 24.3 Å². The van der Waals surface area contributed by atoms with Crippen molar-refractivity contribution in [3.05, 3.63) is 24.3 Å². The first-order valence-corrected chi connectivity index (χ1v) is 11.4. The Balaban J connectivity index is 1.25. The van der Waals surface area contributed by atoms with E-state index in [2.05, 4.69) is 15.5 Å². The number of carbonyl (C=O) groups excluding carboxylic acids is 3. The second-order valence-electron chi connectivity index (χ2n) is 8.72. The molecule has 3 saturated heterocycles. The van der Waals surface area contributed by atoms with E-state index < -0.39 is 12.1 Å². The predicted molar refractivity (Wildman–Crippen MR) is 117 cm³/mol. The number of imide groups is 1. The molecule has 0 aromatic heterocycles. The molecule has 31 heavy (non-hydrogen) atoms. The van der Waals surface area contributed by atoms with Crippen molar-refractivity contribution >= 4 is 23.5 Å². The van der Waals surface area contributed by atoms with Gasteiger partial charge >= 0.3 is 6.03 Å². The Hall–Kier alpha value is -2.61. The van der Waals surface area contributed by atoms with E-state index in [0.717, 1.165) is 11.3 Å². The maximum atomic E-state index is 12.7. The molecule has 168 valence electrons. The van der Waals surface area contributed by atoms with Crippen LogP contribution < -0.4 is 20.3 Å². The van der Waals surface area contributed by atoms with E-state index in [9.17, 15) is 14.4 Å². The molecule has 1 aromatic rings. The molecule has 0 aliphatic carbocycles. The average molecular weight is 429 g/mol. The average Bonchev–Trinajstić information content (AvgIpc) is 3.09. The van der Waals surface area contributed by atoms with Crippen molar-refractivity contribution in [3.8, 4) is 5.75 Å². The van der Waals surface area contributed by atoms with Crippen LogP contribution in [-0.2, 0) is 9.59 Å². The first-order valence-electron chi connectivity index (χ1n) is 11.4. The molecule has 0 saturated carbocycles. The van der Waals surface area contributed by atoms with Crippen molar-refractivity contribution in [2.24, 2.45) is 5.92 Å². The zero-order valence-electron chi connectivity index (χ0n) is 18.1. The summed E-state index contributed by atoms with van der Waals surface area (Å²) in [6.07, 6.45) is 6.65. The molecule has 0 bridgehead atoms. The third kappa shape index (κ3) is 4.84. The fourth-order valence-corrected chi connectivity index (χ4v) is 5.13. The van der Waals surface area contributed by atoms with Gasteiger partial charge in [0.1, 0.15) is 11.8 Å². The molecule has 0 radical (unpaired) electrons. The summed E-state index contributed by atoms with van der Waals surface area (Å²) < 4.78 is 5.12. The van der Waals surface area contributed by atoms with Gasteiger partial charge < -0.3 is 20.3 Å². The van der Waals surface area contributed by atoms with Crippen LogP contribution in [0.3, 0.4) is 0 Å². The molecule has 3 atom stereocenters. The van der Waals surface area contributed by atoms with E-state index in [4.69, 9.17) is 4.74 Å². The van der Waals surface area contributed by atoms with E-state index in [0.29, 0.717) is 36.4 Å². The number of ether oxygens (including phenoxy) is 1. The highest BCUT2D eigenvalue weighted by Gasteiger charge is 2.39. The van der Waals surface area contributed by atoms with Crippen molar-refractivity contribution in [2.75, 3.05) is 31.6 Å². The molecule has 1 aromatic carbocycles. The Labute approximate surface area is 183 Å². The van der Waals surface area contributed by atoms with Crippen LogP contribution in [0.25, 0.3) is 0 Å². The van der Waals surface area contributed by atoms with Crippen LogP contribution in [0.4, 0.5) is 10.5 Å². The summed E-state index contributed by atoms with van der Waals surface area (Å²) in [6, 6.07) is 6.21. The summed E-state index contributed by atoms with van der Waals surface area (Å²) in [5.41, 5.74) is 0.490. The van der Waals surface area contributed by atoms with Crippen LogP contribution >= 0.6 is 0 Å². The summed E-state index contributed by atoms with van der Waals surface area (Å²) in [4.78, 5) is 41.2. The minimum atomic E-state index is -0.677. The predicted octanol–water partition coefficient (Wildman–Crippen LogP) is 2.28. The van der Waals surface area contributed by atoms with Gasteiger partial charge in [-0.05, 0) is 75.4 Å². The van der Waals surface area contributed by atoms with Gasteiger partial charge in [0.15, 0.2) is 0 Å². The molecule has 8 heteroatoms. The number of fused-ring (bicyclic) bond motifs is 1. The van der Waals surface area contributed by atoms with Crippen molar-refractivity contribution in [2.45, 2.75) is 57.0 Å². The first-order chi connectivity index (χ1) is 15.1. The quantitative estimate of drug-likeness (QED) is 0.651. The summed E-state index contributed by atoms with van der Waals surface area (Å²) in [7, 11) is 1.56. The smallest absolute Gasteiger partial charge is 0.329 e. The Bertz CT molecular complexity index is 810. The molecule has 0 unspecified atom stereocenters. The van der Waals surface area contributed by atoms with Crippen molar-refractivity contribution in [1.29, 1.82) is 0 Å². The van der Waals surface area contributed by atoms with Crippen molar-refractivity contribution < 1.29 is 19.1 Å². The number of piperidine rings is 2. The molecular weight excluding hydrogens is 396 g/mol. The fraction of sp³-hybridized carbons (Fsp3) is 0.609. The molecule has 0 spiro atoms. The Morgan fingerprint density at radius 1 is 1.13 bits per heavy atom. The lowest BCUT2D eigenvalue weighted by atomic mass is 9.83. The van der Waals surface area contributed by atoms with Crippen LogP contribution in [0.2, 0.25) is 0 Å². The minimum absolute atomic E-state index is 0.0575. The molecule has 3 heterocycles. The maximum Gasteiger partial charge on any atom is 0.329 e. The number of amides is 4. The van der Waals surface area contributed by atoms with Crippen LogP contribution in [0.5, 0.6) is 5.75 Å². The number of anilines is 1. The summed E-state index contributed by atoms with van der Waals surface area (Å²) in [6.45, 7) is 3.07. The van der Waals surface area contributed by atoms with Crippen molar-refractivity contribution in [1.82, 2.24) is 15.5 Å². The maximum absolute atomic E-state index is 12.7. The second-order valence-corrected chi connectivity index (χ2v) is 8.72. The minimum Gasteiger partial charge on any atom is -0.497 e. The van der Waals surface area contributed by atoms with Crippen molar-refractivity contribution in [3.63, 3.8) is 0 Å². The Morgan fingerprint density at radius 3 is 2.68 bits per heavy atom. The zero-order chi connectivity index (χ0) is 21.8. The van der Waals surface area contributed by atoms with Gasteiger partial charge in [-0.15, -0.1) is 0 Å². The SMILES string of the molecule is COc1ccc(N2C(=O)N[C@H](CCC(=O)NC[C@H]3CCCN4CCCC[C@@H]34)C2=O)cc1. The fourth-order valence-electron chi connectivity index (χ4n) is 5.13. The lowest BCUT2D eigenvalue weighted by Gasteiger charge is -2.44. The van der Waals surface area contributed by atoms with E-state index in [1.807, 2.05) is 0 Å². The molecule has 3 fully saturated rings. The molecule has 4 rings (SSSR count). The number of nitrogens with one attached hydrogen (secondary N) is 2. The number of urea groups is 1. The Kier molecular flexibility index (Phi) is 6.75. The first kappa shape index (κ1) is 21.6. The number of hydrogen-bond acceptors (Lipinski definition) is 5. The van der Waals surface area contributed by atoms with E-state index in [1.165, 1.54) is 38.8 Å². The van der Waals surface area contributed by atoms with Crippen LogP contribution in [0, 0.1) is 5.92 Å². The molecule has 4 amide bonds. The lowest BCUT2D eigenvalue weighted by molar-refractivity contribution is -0.122. The van der Waals surface area contributed by atoms with Gasteiger partial charge in [-0.2, -0.15) is 0 Å². The monoisotopic (exact) mass is 428 g/mol. The van der Waals surface area contributed by atoms with E-state index >= 15 is 0 Å². The van der Waals surface area contributed by atoms with E-state index in [-0.39, 0.29) is 18.2 Å². The normalized spacial score (nSPS) is 26.4. The number of carbonyl (C=O) groups is 3. The molecule has 2 N–H and O–H groups in total. The molecular formula is C23H32N4O4. The van der Waals surface area contributed by atoms with Gasteiger partial charge in [0.25, 0.3) is 5.91 Å². The molecule has 8 nitrogen and oxygen atoms in total. The number of rotatable bonds is 7. The number of nitrogens with zero attached hydrogens (tertiary/aromatic N) is 2. The van der Waals surface area contributed by atoms with Gasteiger partial charge in [0.05, 0.1) is 12.8 Å². The summed E-state index contributed by atoms with van der Waals surface area (Å²) >= 11 is 0. The highest BCUT2D eigenvalue weighted by atomic mass is 16.5. The van der Waals surface area contributed by atoms with Gasteiger partial charge in [0, 0.05) is 19.0 Å². The Morgan fingerprint density at radius 2 is 1.90 bits per heavy atom. The highest BCUT2D eigenvalue weighted by molar-refractivity contribution is 6.21. The third-order valence-electron chi connectivity index (χ3n) is 6.80. The highest BCUT2D eigenvalue weighted by Crippen LogP contribution is 2.30. The second kappa shape index (κ2) is 9.68. The number of methoxy groups -OCH3 is 1. The summed E-state index contributed by atoms with van der Waals surface area (Å²) in [5, 5.41) is 5.77. The van der Waals surface area contributed by atoms with Gasteiger partial charge in [-0.1, -0.05) is 6.42 Å².